The van der Waals surface area contributed by atoms with Crippen molar-refractivity contribution in [3.05, 3.63) is 17.7 Å². The van der Waals surface area contributed by atoms with Crippen molar-refractivity contribution in [2.75, 3.05) is 20.8 Å². The number of sulfonamides is 1. The molecule has 0 atom stereocenters. The standard InChI is InChI=1S/C13H19NO6S/c1-4-14-21(17,18)12-8-11(20-3)10(19-2)7-9(12)5-6-13(15)16/h7-8,14H,4-6H2,1-3H3,(H,15,16). The maximum atomic E-state index is 12.2. The second-order valence-electron chi connectivity index (χ2n) is 4.21. The number of aryl methyl sites for hydroxylation is 1. The van der Waals surface area contributed by atoms with E-state index in [1.807, 2.05) is 0 Å². The van der Waals surface area contributed by atoms with Gasteiger partial charge in [-0.05, 0) is 18.1 Å². The topological polar surface area (TPSA) is 102 Å². The average Bonchev–Trinajstić information content (AvgIpc) is 2.43. The number of methoxy groups -OCH3 is 2. The van der Waals surface area contributed by atoms with Crippen LogP contribution in [0.3, 0.4) is 0 Å². The maximum absolute atomic E-state index is 12.2. The smallest absolute Gasteiger partial charge is 0.303 e. The van der Waals surface area contributed by atoms with Crippen molar-refractivity contribution in [3.63, 3.8) is 0 Å². The van der Waals surface area contributed by atoms with Crippen LogP contribution >= 0.6 is 0 Å². The number of hydrogen-bond donors (Lipinski definition) is 2. The van der Waals surface area contributed by atoms with Crippen molar-refractivity contribution in [1.82, 2.24) is 4.72 Å². The van der Waals surface area contributed by atoms with Gasteiger partial charge in [0.15, 0.2) is 11.5 Å². The van der Waals surface area contributed by atoms with Gasteiger partial charge < -0.3 is 14.6 Å². The molecule has 1 rings (SSSR count). The molecule has 0 aliphatic heterocycles. The third-order valence-electron chi connectivity index (χ3n) is 2.80. The summed E-state index contributed by atoms with van der Waals surface area (Å²) in [5, 5.41) is 8.78. The molecule has 1 aromatic carbocycles. The molecule has 0 saturated carbocycles. The van der Waals surface area contributed by atoms with Crippen molar-refractivity contribution in [3.8, 4) is 11.5 Å². The highest BCUT2D eigenvalue weighted by atomic mass is 32.2. The SMILES string of the molecule is CCNS(=O)(=O)c1cc(OC)c(OC)cc1CCC(=O)O. The lowest BCUT2D eigenvalue weighted by molar-refractivity contribution is -0.136. The Hall–Kier alpha value is -1.80. The Morgan fingerprint density at radius 3 is 2.29 bits per heavy atom. The van der Waals surface area contributed by atoms with Crippen molar-refractivity contribution in [2.24, 2.45) is 0 Å². The molecule has 21 heavy (non-hydrogen) atoms. The second kappa shape index (κ2) is 7.28. The normalized spacial score (nSPS) is 11.2. The third kappa shape index (κ3) is 4.33. The minimum absolute atomic E-state index is 0.00301. The number of carboxylic acids is 1. The first-order chi connectivity index (χ1) is 9.85. The number of benzene rings is 1. The predicted molar refractivity (Wildman–Crippen MR) is 76.4 cm³/mol. The molecule has 8 heteroatoms. The fourth-order valence-corrected chi connectivity index (χ4v) is 3.16. The average molecular weight is 317 g/mol. The van der Waals surface area contributed by atoms with Crippen molar-refractivity contribution in [2.45, 2.75) is 24.7 Å². The zero-order valence-electron chi connectivity index (χ0n) is 12.2. The number of rotatable bonds is 8. The van der Waals surface area contributed by atoms with Crippen LogP contribution < -0.4 is 14.2 Å². The minimum Gasteiger partial charge on any atom is -0.493 e. The molecule has 7 nitrogen and oxygen atoms in total. The molecule has 0 fully saturated rings. The first-order valence-corrected chi connectivity index (χ1v) is 7.80. The van der Waals surface area contributed by atoms with Gasteiger partial charge in [0.2, 0.25) is 10.0 Å². The van der Waals surface area contributed by atoms with Crippen LogP contribution in [0.2, 0.25) is 0 Å². The predicted octanol–water partition coefficient (Wildman–Crippen LogP) is 1.02. The van der Waals surface area contributed by atoms with Crippen LogP contribution in [0.25, 0.3) is 0 Å². The monoisotopic (exact) mass is 317 g/mol. The van der Waals surface area contributed by atoms with E-state index in [9.17, 15) is 13.2 Å². The number of aliphatic carboxylic acids is 1. The molecular formula is C13H19NO6S. The van der Waals surface area contributed by atoms with Gasteiger partial charge in [-0.2, -0.15) is 0 Å². The highest BCUT2D eigenvalue weighted by Crippen LogP contribution is 2.33. The molecule has 0 radical (unpaired) electrons. The molecule has 0 aliphatic rings. The van der Waals surface area contributed by atoms with Crippen LogP contribution in [0.4, 0.5) is 0 Å². The first kappa shape index (κ1) is 17.3. The molecule has 0 spiro atoms. The van der Waals surface area contributed by atoms with Gasteiger partial charge in [0.25, 0.3) is 0 Å². The molecule has 2 N–H and O–H groups in total. The largest absolute Gasteiger partial charge is 0.493 e. The molecule has 118 valence electrons. The number of hydrogen-bond acceptors (Lipinski definition) is 5. The molecule has 0 unspecified atom stereocenters. The third-order valence-corrected chi connectivity index (χ3v) is 4.43. The van der Waals surface area contributed by atoms with Crippen molar-refractivity contribution < 1.29 is 27.8 Å². The lowest BCUT2D eigenvalue weighted by Crippen LogP contribution is -2.24. The summed E-state index contributed by atoms with van der Waals surface area (Å²) in [5.41, 5.74) is 0.371. The van der Waals surface area contributed by atoms with Gasteiger partial charge in [-0.1, -0.05) is 6.92 Å². The summed E-state index contributed by atoms with van der Waals surface area (Å²) in [7, 11) is -0.896. The van der Waals surface area contributed by atoms with E-state index in [0.29, 0.717) is 11.3 Å². The number of ether oxygens (including phenoxy) is 2. The van der Waals surface area contributed by atoms with E-state index in [4.69, 9.17) is 14.6 Å². The van der Waals surface area contributed by atoms with Crippen LogP contribution in [-0.4, -0.2) is 40.3 Å². The van der Waals surface area contributed by atoms with E-state index in [-0.39, 0.29) is 30.0 Å². The molecule has 0 aliphatic carbocycles. The van der Waals surface area contributed by atoms with E-state index in [1.165, 1.54) is 26.4 Å². The first-order valence-electron chi connectivity index (χ1n) is 6.32. The molecule has 0 bridgehead atoms. The fourth-order valence-electron chi connectivity index (χ4n) is 1.86. The molecule has 0 aromatic heterocycles. The van der Waals surface area contributed by atoms with Gasteiger partial charge >= 0.3 is 5.97 Å². The summed E-state index contributed by atoms with van der Waals surface area (Å²) in [6.07, 6.45) is -0.0974. The van der Waals surface area contributed by atoms with Gasteiger partial charge in [0.05, 0.1) is 19.1 Å². The fraction of sp³-hybridized carbons (Fsp3) is 0.462. The highest BCUT2D eigenvalue weighted by molar-refractivity contribution is 7.89. The zero-order valence-corrected chi connectivity index (χ0v) is 13.0. The van der Waals surface area contributed by atoms with E-state index >= 15 is 0 Å². The van der Waals surface area contributed by atoms with E-state index in [0.717, 1.165) is 0 Å². The van der Waals surface area contributed by atoms with Crippen LogP contribution in [-0.2, 0) is 21.2 Å². The molecule has 0 amide bonds. The Bertz CT molecular complexity index is 611. The zero-order chi connectivity index (χ0) is 16.0. The molecule has 0 saturated heterocycles. The van der Waals surface area contributed by atoms with E-state index < -0.39 is 16.0 Å². The Balaban J connectivity index is 3.39. The number of nitrogens with one attached hydrogen (secondary N) is 1. The highest BCUT2D eigenvalue weighted by Gasteiger charge is 2.21. The summed E-state index contributed by atoms with van der Waals surface area (Å²) in [5.74, 6) is -0.377. The number of carboxylic acid groups (broad SMARTS) is 1. The second-order valence-corrected chi connectivity index (χ2v) is 5.95. The van der Waals surface area contributed by atoms with Gasteiger partial charge in [0, 0.05) is 19.0 Å². The van der Waals surface area contributed by atoms with Crippen LogP contribution in [0.1, 0.15) is 18.9 Å². The summed E-state index contributed by atoms with van der Waals surface area (Å²) < 4.78 is 37.0. The summed E-state index contributed by atoms with van der Waals surface area (Å²) in [4.78, 5) is 10.7. The van der Waals surface area contributed by atoms with Crippen LogP contribution in [0.15, 0.2) is 17.0 Å². The molecule has 1 aromatic rings. The van der Waals surface area contributed by atoms with E-state index in [2.05, 4.69) is 4.72 Å². The van der Waals surface area contributed by atoms with Gasteiger partial charge in [-0.3, -0.25) is 4.79 Å². The van der Waals surface area contributed by atoms with Gasteiger partial charge in [0.1, 0.15) is 0 Å². The Morgan fingerprint density at radius 2 is 1.81 bits per heavy atom. The Labute approximate surface area is 123 Å². The van der Waals surface area contributed by atoms with Crippen molar-refractivity contribution in [1.29, 1.82) is 0 Å². The summed E-state index contributed by atoms with van der Waals surface area (Å²) >= 11 is 0. The summed E-state index contributed by atoms with van der Waals surface area (Å²) in [6.45, 7) is 1.89. The van der Waals surface area contributed by atoms with Crippen molar-refractivity contribution >= 4 is 16.0 Å². The molecular weight excluding hydrogens is 298 g/mol. The quantitative estimate of drug-likeness (QED) is 0.742. The minimum atomic E-state index is -3.72. The van der Waals surface area contributed by atoms with Crippen LogP contribution in [0, 0.1) is 0 Å². The Morgan fingerprint density at radius 1 is 1.24 bits per heavy atom. The van der Waals surface area contributed by atoms with Gasteiger partial charge in [-0.15, -0.1) is 0 Å². The lowest BCUT2D eigenvalue weighted by Gasteiger charge is -2.15. The van der Waals surface area contributed by atoms with E-state index in [1.54, 1.807) is 6.92 Å². The molecule has 0 heterocycles. The maximum Gasteiger partial charge on any atom is 0.303 e. The number of carbonyl (C=O) groups is 1. The lowest BCUT2D eigenvalue weighted by atomic mass is 10.1. The summed E-state index contributed by atoms with van der Waals surface area (Å²) in [6, 6.07) is 2.83. The van der Waals surface area contributed by atoms with Gasteiger partial charge in [-0.25, -0.2) is 13.1 Å². The van der Waals surface area contributed by atoms with Crippen LogP contribution in [0.5, 0.6) is 11.5 Å². The Kier molecular flexibility index (Phi) is 5.98.